The maximum atomic E-state index is 12.4. The van der Waals surface area contributed by atoms with E-state index in [1.165, 1.54) is 7.11 Å². The van der Waals surface area contributed by atoms with Crippen LogP contribution in [0.25, 0.3) is 0 Å². The van der Waals surface area contributed by atoms with Gasteiger partial charge in [0.1, 0.15) is 30.0 Å². The topological polar surface area (TPSA) is 125 Å². The Labute approximate surface area is 297 Å². The molecule has 0 aromatic heterocycles. The van der Waals surface area contributed by atoms with E-state index in [0.717, 1.165) is 53.2 Å². The van der Waals surface area contributed by atoms with Gasteiger partial charge < -0.3 is 43.2 Å². The van der Waals surface area contributed by atoms with E-state index >= 15 is 0 Å². The van der Waals surface area contributed by atoms with Crippen LogP contribution in [-0.2, 0) is 30.3 Å². The molecule has 12 nitrogen and oxygen atoms in total. The summed E-state index contributed by atoms with van der Waals surface area (Å²) in [5.41, 5.74) is 2.72. The molecule has 2 heterocycles. The third kappa shape index (κ3) is 9.41. The zero-order valence-electron chi connectivity index (χ0n) is 28.2. The maximum absolute atomic E-state index is 12.4. The monoisotopic (exact) mass is 710 g/mol. The van der Waals surface area contributed by atoms with Crippen molar-refractivity contribution in [1.29, 1.82) is 0 Å². The Morgan fingerprint density at radius 3 is 2.58 bits per heavy atom. The Bertz CT molecular complexity index is 1580. The Balaban J connectivity index is 1.30. The smallest absolute Gasteiger partial charge is 0.410 e. The van der Waals surface area contributed by atoms with Crippen molar-refractivity contribution < 1.29 is 47.9 Å². The molecule has 50 heavy (non-hydrogen) atoms. The number of nitrogens with zero attached hydrogens (tertiary/aromatic N) is 2. The fourth-order valence-corrected chi connectivity index (χ4v) is 6.45. The number of methoxy groups -OCH3 is 2. The molecular formula is C37H43ClN2O10. The van der Waals surface area contributed by atoms with E-state index in [0.29, 0.717) is 49.4 Å². The van der Waals surface area contributed by atoms with E-state index in [1.807, 2.05) is 60.7 Å². The van der Waals surface area contributed by atoms with E-state index in [2.05, 4.69) is 4.90 Å². The molecule has 1 fully saturated rings. The molecule has 0 spiro atoms. The highest BCUT2D eigenvalue weighted by atomic mass is 35.5. The van der Waals surface area contributed by atoms with Gasteiger partial charge in [-0.1, -0.05) is 41.9 Å². The molecule has 5 rings (SSSR count). The standard InChI is InChI=1S/C37H43ClN2O10/c1-44-18-5-15-39-16-21-48-32-14-9-26(23-30(32)39)25-50-33-24-40(37(42)43)36(49-22-17-41)35(45-2)34(33)27-10-12-28(13-11-27)46-19-6-20-47-31-8-4-3-7-29(31)38/h3-4,7-14,22-23,33-36H,5-6,15-16,18-21,24-25H2,1-2H3,(H,42,43)/t33-,34+,35-,36?/m0/s1. The van der Waals surface area contributed by atoms with Crippen LogP contribution in [-0.4, -0.2) is 101 Å². The van der Waals surface area contributed by atoms with Crippen LogP contribution in [0, 0.1) is 0 Å². The molecular weight excluding hydrogens is 668 g/mol. The summed E-state index contributed by atoms with van der Waals surface area (Å²) in [7, 11) is 3.17. The molecule has 3 aromatic carbocycles. The molecule has 3 aromatic rings. The number of rotatable bonds is 17. The molecule has 1 unspecified atom stereocenters. The van der Waals surface area contributed by atoms with E-state index in [-0.39, 0.29) is 13.2 Å². The Morgan fingerprint density at radius 2 is 1.84 bits per heavy atom. The number of halogens is 1. The molecule has 2 aliphatic heterocycles. The molecule has 1 saturated heterocycles. The van der Waals surface area contributed by atoms with Crippen LogP contribution in [0.1, 0.15) is 29.9 Å². The van der Waals surface area contributed by atoms with Gasteiger partial charge in [-0.25, -0.2) is 9.59 Å². The summed E-state index contributed by atoms with van der Waals surface area (Å²) in [5, 5.41) is 10.7. The lowest BCUT2D eigenvalue weighted by molar-refractivity contribution is -0.166. The average molecular weight is 711 g/mol. The highest BCUT2D eigenvalue weighted by Gasteiger charge is 2.48. The zero-order valence-corrected chi connectivity index (χ0v) is 29.0. The number of carboxylic acid groups (broad SMARTS) is 1. The molecule has 0 bridgehead atoms. The zero-order chi connectivity index (χ0) is 35.3. The lowest BCUT2D eigenvalue weighted by atomic mass is 9.83. The molecule has 0 aliphatic carbocycles. The second-order valence-corrected chi connectivity index (χ2v) is 12.2. The number of para-hydroxylation sites is 1. The van der Waals surface area contributed by atoms with Crippen molar-refractivity contribution in [3.05, 3.63) is 89.1 Å². The normalized spacial score (nSPS) is 19.9. The molecule has 0 radical (unpaired) electrons. The van der Waals surface area contributed by atoms with Crippen molar-refractivity contribution in [2.45, 2.75) is 43.8 Å². The first kappa shape index (κ1) is 36.8. The predicted molar refractivity (Wildman–Crippen MR) is 186 cm³/mol. The van der Waals surface area contributed by atoms with Gasteiger partial charge in [0, 0.05) is 39.7 Å². The number of ether oxygens (including phenoxy) is 7. The number of benzene rings is 3. The summed E-state index contributed by atoms with van der Waals surface area (Å²) >= 11 is 6.16. The van der Waals surface area contributed by atoms with E-state index in [4.69, 9.17) is 44.8 Å². The van der Waals surface area contributed by atoms with Crippen molar-refractivity contribution in [1.82, 2.24) is 4.90 Å². The van der Waals surface area contributed by atoms with Crippen LogP contribution in [0.5, 0.6) is 17.2 Å². The van der Waals surface area contributed by atoms with Crippen LogP contribution in [0.2, 0.25) is 5.02 Å². The minimum absolute atomic E-state index is 0.0297. The maximum Gasteiger partial charge on any atom is 0.410 e. The summed E-state index contributed by atoms with van der Waals surface area (Å²) in [6.45, 7) is 3.91. The van der Waals surface area contributed by atoms with Crippen LogP contribution in [0.3, 0.4) is 0 Å². The van der Waals surface area contributed by atoms with Crippen molar-refractivity contribution in [3.8, 4) is 17.2 Å². The average Bonchev–Trinajstić information content (AvgIpc) is 3.13. The number of anilines is 1. The van der Waals surface area contributed by atoms with Crippen LogP contribution in [0.4, 0.5) is 10.5 Å². The van der Waals surface area contributed by atoms with Gasteiger partial charge in [-0.3, -0.25) is 4.90 Å². The lowest BCUT2D eigenvalue weighted by Gasteiger charge is -2.46. The SMILES string of the molecule is COCCCN1CCOc2ccc(CO[C@H]3CN(C(=O)O)C(OC=C=O)[C@@H](OC)[C@@H]3c3ccc(OCCCOc4ccccc4Cl)cc3)cc21. The minimum atomic E-state index is -1.23. The molecule has 13 heteroatoms. The van der Waals surface area contributed by atoms with Gasteiger partial charge in [-0.2, -0.15) is 0 Å². The van der Waals surface area contributed by atoms with Gasteiger partial charge in [0.05, 0.1) is 49.7 Å². The summed E-state index contributed by atoms with van der Waals surface area (Å²) in [5.74, 6) is 3.19. The number of amides is 1. The van der Waals surface area contributed by atoms with Gasteiger partial charge in [0.15, 0.2) is 12.2 Å². The molecule has 268 valence electrons. The summed E-state index contributed by atoms with van der Waals surface area (Å²) in [6, 6.07) is 20.7. The second kappa shape index (κ2) is 18.5. The van der Waals surface area contributed by atoms with Crippen LogP contribution >= 0.6 is 11.6 Å². The van der Waals surface area contributed by atoms with Gasteiger partial charge in [-0.15, -0.1) is 0 Å². The predicted octanol–water partition coefficient (Wildman–Crippen LogP) is 5.79. The third-order valence-corrected chi connectivity index (χ3v) is 8.95. The molecule has 4 atom stereocenters. The highest BCUT2D eigenvalue weighted by molar-refractivity contribution is 6.32. The third-order valence-electron chi connectivity index (χ3n) is 8.63. The first-order chi connectivity index (χ1) is 24.4. The van der Waals surface area contributed by atoms with Crippen molar-refractivity contribution in [2.75, 3.05) is 65.2 Å². The van der Waals surface area contributed by atoms with Gasteiger partial charge in [-0.05, 0) is 53.9 Å². The van der Waals surface area contributed by atoms with Gasteiger partial charge >= 0.3 is 6.09 Å². The van der Waals surface area contributed by atoms with Crippen LogP contribution in [0.15, 0.2) is 73.0 Å². The fraction of sp³-hybridized carbons (Fsp3) is 0.432. The van der Waals surface area contributed by atoms with Crippen LogP contribution < -0.4 is 19.1 Å². The minimum Gasteiger partial charge on any atom is -0.493 e. The van der Waals surface area contributed by atoms with E-state index < -0.39 is 30.4 Å². The Hall–Kier alpha value is -4.45. The number of carbonyl (C=O) groups excluding carboxylic acids is 1. The first-order valence-electron chi connectivity index (χ1n) is 16.5. The van der Waals surface area contributed by atoms with Gasteiger partial charge in [0.25, 0.3) is 0 Å². The van der Waals surface area contributed by atoms with E-state index in [9.17, 15) is 14.7 Å². The van der Waals surface area contributed by atoms with E-state index in [1.54, 1.807) is 19.1 Å². The Kier molecular flexibility index (Phi) is 13.6. The largest absolute Gasteiger partial charge is 0.493 e. The molecule has 1 amide bonds. The fourth-order valence-electron chi connectivity index (χ4n) is 6.26. The van der Waals surface area contributed by atoms with Gasteiger partial charge in [0.2, 0.25) is 6.23 Å². The lowest BCUT2D eigenvalue weighted by Crippen LogP contribution is -2.60. The van der Waals surface area contributed by atoms with Crippen molar-refractivity contribution >= 4 is 29.3 Å². The quantitative estimate of drug-likeness (QED) is 0.104. The highest BCUT2D eigenvalue weighted by Crippen LogP contribution is 2.38. The number of fused-ring (bicyclic) bond motifs is 1. The Morgan fingerprint density at radius 1 is 1.04 bits per heavy atom. The molecule has 2 aliphatic rings. The summed E-state index contributed by atoms with van der Waals surface area (Å²) < 4.78 is 40.8. The molecule has 0 saturated carbocycles. The first-order valence-corrected chi connectivity index (χ1v) is 16.9. The summed E-state index contributed by atoms with van der Waals surface area (Å²) in [6.07, 6.45) is -1.46. The number of hydrogen-bond donors (Lipinski definition) is 1. The van der Waals surface area contributed by atoms with Crippen molar-refractivity contribution in [3.63, 3.8) is 0 Å². The summed E-state index contributed by atoms with van der Waals surface area (Å²) in [4.78, 5) is 26.8. The number of hydrogen-bond acceptors (Lipinski definition) is 10. The molecule has 1 N–H and O–H groups in total. The second-order valence-electron chi connectivity index (χ2n) is 11.8. The number of carbonyl (C=O) groups is 1. The number of likely N-dealkylation sites (tertiary alicyclic amines) is 1. The van der Waals surface area contributed by atoms with Crippen molar-refractivity contribution in [2.24, 2.45) is 0 Å². The number of piperidine rings is 1.